The molecule has 0 saturated carbocycles. The van der Waals surface area contributed by atoms with E-state index in [0.717, 1.165) is 11.1 Å². The number of sulfonamides is 1. The van der Waals surface area contributed by atoms with Crippen molar-refractivity contribution in [3.63, 3.8) is 0 Å². The van der Waals surface area contributed by atoms with Gasteiger partial charge in [0.1, 0.15) is 0 Å². The average Bonchev–Trinajstić information content (AvgIpc) is 2.69. The van der Waals surface area contributed by atoms with Crippen molar-refractivity contribution >= 4 is 21.6 Å². The molecule has 0 radical (unpaired) electrons. The number of nitrogens with one attached hydrogen (secondary N) is 2. The van der Waals surface area contributed by atoms with E-state index in [-0.39, 0.29) is 10.8 Å². The van der Waals surface area contributed by atoms with Crippen LogP contribution in [0.1, 0.15) is 27.0 Å². The van der Waals surface area contributed by atoms with Crippen LogP contribution < -0.4 is 10.0 Å². The smallest absolute Gasteiger partial charge is 0.261 e. The van der Waals surface area contributed by atoms with Crippen LogP contribution in [0.5, 0.6) is 0 Å². The topological polar surface area (TPSA) is 75.3 Å². The van der Waals surface area contributed by atoms with E-state index in [0.29, 0.717) is 23.4 Å². The van der Waals surface area contributed by atoms with E-state index in [2.05, 4.69) is 10.0 Å². The number of hydrogen-bond acceptors (Lipinski definition) is 3. The maximum Gasteiger partial charge on any atom is 0.261 e. The molecule has 0 aliphatic carbocycles. The molecule has 0 atom stereocenters. The Morgan fingerprint density at radius 3 is 2.25 bits per heavy atom. The van der Waals surface area contributed by atoms with Gasteiger partial charge in [-0.15, -0.1) is 0 Å². The van der Waals surface area contributed by atoms with E-state index in [1.165, 1.54) is 12.1 Å². The van der Waals surface area contributed by atoms with E-state index in [9.17, 15) is 13.2 Å². The van der Waals surface area contributed by atoms with Crippen molar-refractivity contribution in [1.82, 2.24) is 5.32 Å². The van der Waals surface area contributed by atoms with Crippen LogP contribution in [-0.4, -0.2) is 14.3 Å². The van der Waals surface area contributed by atoms with Gasteiger partial charge < -0.3 is 5.32 Å². The van der Waals surface area contributed by atoms with Crippen LogP contribution >= 0.6 is 0 Å². The van der Waals surface area contributed by atoms with Gasteiger partial charge in [0.15, 0.2) is 0 Å². The third-order valence-corrected chi connectivity index (χ3v) is 5.74. The van der Waals surface area contributed by atoms with Crippen LogP contribution in [0.3, 0.4) is 0 Å². The molecule has 0 aliphatic rings. The molecule has 2 N–H and O–H groups in total. The van der Waals surface area contributed by atoms with Gasteiger partial charge in [-0.1, -0.05) is 54.1 Å². The van der Waals surface area contributed by atoms with Gasteiger partial charge in [0, 0.05) is 17.8 Å². The first kappa shape index (κ1) is 19.6. The minimum Gasteiger partial charge on any atom is -0.348 e. The molecule has 3 aromatic rings. The summed E-state index contributed by atoms with van der Waals surface area (Å²) in [5.41, 5.74) is 3.53. The summed E-state index contributed by atoms with van der Waals surface area (Å²) in [6.07, 6.45) is 0. The summed E-state index contributed by atoms with van der Waals surface area (Å²) in [5, 5.41) is 2.84. The zero-order valence-electron chi connectivity index (χ0n) is 15.8. The van der Waals surface area contributed by atoms with E-state index in [1.807, 2.05) is 49.4 Å². The number of rotatable bonds is 6. The molecule has 0 spiro atoms. The minimum atomic E-state index is -3.80. The highest BCUT2D eigenvalue weighted by molar-refractivity contribution is 7.92. The van der Waals surface area contributed by atoms with Gasteiger partial charge in [-0.05, 0) is 49.2 Å². The molecule has 3 rings (SSSR count). The summed E-state index contributed by atoms with van der Waals surface area (Å²) < 4.78 is 28.0. The van der Waals surface area contributed by atoms with Crippen molar-refractivity contribution in [2.75, 3.05) is 4.72 Å². The second kappa shape index (κ2) is 8.27. The number of carbonyl (C=O) groups is 1. The Balaban J connectivity index is 1.79. The number of carbonyl (C=O) groups excluding carboxylic acids is 1. The molecule has 1 amide bonds. The first-order valence-corrected chi connectivity index (χ1v) is 10.4. The maximum atomic E-state index is 12.7. The molecular weight excluding hydrogens is 372 g/mol. The highest BCUT2D eigenvalue weighted by Gasteiger charge is 2.18. The molecule has 0 bridgehead atoms. The average molecular weight is 394 g/mol. The summed E-state index contributed by atoms with van der Waals surface area (Å²) >= 11 is 0. The van der Waals surface area contributed by atoms with E-state index in [4.69, 9.17) is 0 Å². The molecule has 0 saturated heterocycles. The molecule has 0 fully saturated rings. The Hall–Kier alpha value is -3.12. The van der Waals surface area contributed by atoms with Crippen LogP contribution in [0.15, 0.2) is 77.7 Å². The Labute approximate surface area is 165 Å². The molecule has 5 nitrogen and oxygen atoms in total. The lowest BCUT2D eigenvalue weighted by Crippen LogP contribution is -2.24. The maximum absolute atomic E-state index is 12.7. The van der Waals surface area contributed by atoms with Gasteiger partial charge >= 0.3 is 0 Å². The fourth-order valence-corrected chi connectivity index (χ4v) is 3.81. The molecule has 6 heteroatoms. The molecule has 0 aliphatic heterocycles. The lowest BCUT2D eigenvalue weighted by Gasteiger charge is -2.12. The first-order chi connectivity index (χ1) is 13.3. The Kier molecular flexibility index (Phi) is 5.80. The number of aryl methyl sites for hydroxylation is 2. The van der Waals surface area contributed by atoms with E-state index < -0.39 is 10.0 Å². The predicted octanol–water partition coefficient (Wildman–Crippen LogP) is 4.03. The zero-order valence-corrected chi connectivity index (χ0v) is 16.6. The Bertz CT molecular complexity index is 1080. The highest BCUT2D eigenvalue weighted by atomic mass is 32.2. The fraction of sp³-hybridized carbons (Fsp3) is 0.136. The zero-order chi connectivity index (χ0) is 20.1. The highest BCUT2D eigenvalue weighted by Crippen LogP contribution is 2.20. The van der Waals surface area contributed by atoms with Gasteiger partial charge in [0.2, 0.25) is 0 Å². The van der Waals surface area contributed by atoms with Crippen molar-refractivity contribution in [3.8, 4) is 0 Å². The first-order valence-electron chi connectivity index (χ1n) is 8.87. The lowest BCUT2D eigenvalue weighted by atomic mass is 10.1. The van der Waals surface area contributed by atoms with Crippen molar-refractivity contribution < 1.29 is 13.2 Å². The van der Waals surface area contributed by atoms with Gasteiger partial charge in [-0.25, -0.2) is 8.42 Å². The molecule has 144 valence electrons. The number of amides is 1. The summed E-state index contributed by atoms with van der Waals surface area (Å²) in [4.78, 5) is 12.6. The second-order valence-corrected chi connectivity index (χ2v) is 8.30. The summed E-state index contributed by atoms with van der Waals surface area (Å²) in [7, 11) is -3.80. The van der Waals surface area contributed by atoms with E-state index >= 15 is 0 Å². The second-order valence-electron chi connectivity index (χ2n) is 6.62. The van der Waals surface area contributed by atoms with Crippen LogP contribution in [0.25, 0.3) is 0 Å². The van der Waals surface area contributed by atoms with Crippen molar-refractivity contribution in [2.24, 2.45) is 0 Å². The van der Waals surface area contributed by atoms with Crippen LogP contribution in [0, 0.1) is 13.8 Å². The van der Waals surface area contributed by atoms with Crippen molar-refractivity contribution in [3.05, 3.63) is 95.1 Å². The molecular formula is C22H22N2O3S. The lowest BCUT2D eigenvalue weighted by molar-refractivity contribution is 0.0950. The van der Waals surface area contributed by atoms with Gasteiger partial charge in [-0.2, -0.15) is 0 Å². The van der Waals surface area contributed by atoms with E-state index in [1.54, 1.807) is 25.1 Å². The van der Waals surface area contributed by atoms with Crippen LogP contribution in [-0.2, 0) is 16.6 Å². The molecule has 0 heterocycles. The largest absolute Gasteiger partial charge is 0.348 e. The van der Waals surface area contributed by atoms with Crippen molar-refractivity contribution in [1.29, 1.82) is 0 Å². The van der Waals surface area contributed by atoms with Gasteiger partial charge in [-0.3, -0.25) is 9.52 Å². The third-order valence-electron chi connectivity index (χ3n) is 4.36. The summed E-state index contributed by atoms with van der Waals surface area (Å²) in [5.74, 6) is -0.311. The van der Waals surface area contributed by atoms with Gasteiger partial charge in [0.05, 0.1) is 4.90 Å². The fourth-order valence-electron chi connectivity index (χ4n) is 2.72. The Morgan fingerprint density at radius 2 is 1.57 bits per heavy atom. The molecule has 3 aromatic carbocycles. The quantitative estimate of drug-likeness (QED) is 0.663. The molecule has 28 heavy (non-hydrogen) atoms. The summed E-state index contributed by atoms with van der Waals surface area (Å²) in [6.45, 7) is 4.08. The minimum absolute atomic E-state index is 0.0449. The van der Waals surface area contributed by atoms with Crippen molar-refractivity contribution in [2.45, 2.75) is 25.3 Å². The number of hydrogen-bond donors (Lipinski definition) is 2. The molecule has 0 unspecified atom stereocenters. The monoisotopic (exact) mass is 394 g/mol. The SMILES string of the molecule is Cc1ccc(NS(=O)(=O)c2ccc(C)c(C(=O)NCc3ccccc3)c2)cc1. The van der Waals surface area contributed by atoms with Crippen LogP contribution in [0.4, 0.5) is 5.69 Å². The Morgan fingerprint density at radius 1 is 0.893 bits per heavy atom. The third kappa shape index (κ3) is 4.78. The van der Waals surface area contributed by atoms with Gasteiger partial charge in [0.25, 0.3) is 15.9 Å². The van der Waals surface area contributed by atoms with Crippen LogP contribution in [0.2, 0.25) is 0 Å². The normalized spacial score (nSPS) is 11.1. The molecule has 0 aromatic heterocycles. The number of benzene rings is 3. The number of anilines is 1. The summed E-state index contributed by atoms with van der Waals surface area (Å²) in [6, 6.07) is 21.2. The standard InChI is InChI=1S/C22H22N2O3S/c1-16-8-11-19(12-9-16)24-28(26,27)20-13-10-17(2)21(14-20)22(25)23-15-18-6-4-3-5-7-18/h3-14,24H,15H2,1-2H3,(H,23,25). The predicted molar refractivity (Wildman–Crippen MR) is 111 cm³/mol.